The Hall–Kier alpha value is -8.86. The lowest BCUT2D eigenvalue weighted by molar-refractivity contribution is 0.622. The van der Waals surface area contributed by atoms with Crippen LogP contribution in [0.4, 0.5) is 0 Å². The first kappa shape index (κ1) is 45.0. The maximum Gasteiger partial charge on any atom is 0.132 e. The minimum Gasteiger partial charge on any atom is -0.309 e. The number of rotatable bonds is 9. The molecule has 0 saturated carbocycles. The monoisotopic (exact) mass is 952 g/mol. The number of aryl methyl sites for hydroxylation is 1. The molecule has 4 nitrogen and oxygen atoms in total. The normalized spacial score (nSPS) is 17.1. The van der Waals surface area contributed by atoms with Crippen LogP contribution < -0.4 is 0 Å². The van der Waals surface area contributed by atoms with Crippen molar-refractivity contribution in [2.75, 3.05) is 0 Å². The molecule has 13 rings (SSSR count). The summed E-state index contributed by atoms with van der Waals surface area (Å²) in [5.74, 6) is 0.780. The Kier molecular flexibility index (Phi) is 11.3. The summed E-state index contributed by atoms with van der Waals surface area (Å²) in [4.78, 5) is 11.5. The summed E-state index contributed by atoms with van der Waals surface area (Å²) in [7, 11) is 0. The van der Waals surface area contributed by atoms with Crippen molar-refractivity contribution in [3.63, 3.8) is 0 Å². The molecule has 74 heavy (non-hydrogen) atoms. The molecule has 1 aliphatic heterocycles. The van der Waals surface area contributed by atoms with Crippen LogP contribution in [0.25, 0.3) is 93.7 Å². The second-order valence-corrected chi connectivity index (χ2v) is 20.3. The Balaban J connectivity index is 1.06. The van der Waals surface area contributed by atoms with Crippen LogP contribution in [0.2, 0.25) is 0 Å². The van der Waals surface area contributed by atoms with Gasteiger partial charge in [0.1, 0.15) is 5.84 Å². The third-order valence-corrected chi connectivity index (χ3v) is 15.8. The van der Waals surface area contributed by atoms with E-state index in [0.717, 1.165) is 46.2 Å². The lowest BCUT2D eigenvalue weighted by Gasteiger charge is -2.28. The number of amidine groups is 1. The number of aliphatic imine (C=N–C) groups is 2. The second kappa shape index (κ2) is 18.6. The first-order valence-electron chi connectivity index (χ1n) is 26.1. The molecule has 0 amide bonds. The minimum atomic E-state index is -0.126. The molecular weight excluding hydrogens is 897 g/mol. The Morgan fingerprint density at radius 3 is 1.66 bits per heavy atom. The molecule has 0 N–H and O–H groups in total. The van der Waals surface area contributed by atoms with Gasteiger partial charge in [0, 0.05) is 44.8 Å². The maximum absolute atomic E-state index is 5.79. The number of aromatic nitrogens is 2. The topological polar surface area (TPSA) is 34.6 Å². The molecule has 0 spiro atoms. The Morgan fingerprint density at radius 1 is 0.432 bits per heavy atom. The number of benzene rings is 10. The molecule has 1 aliphatic rings. The third-order valence-electron chi connectivity index (χ3n) is 15.8. The zero-order valence-corrected chi connectivity index (χ0v) is 42.2. The summed E-state index contributed by atoms with van der Waals surface area (Å²) in [6.45, 7) is 9.35. The van der Waals surface area contributed by atoms with Crippen molar-refractivity contribution in [3.8, 4) is 33.6 Å². The number of fused-ring (bicyclic) bond motifs is 7. The van der Waals surface area contributed by atoms with E-state index < -0.39 is 0 Å². The predicted molar refractivity (Wildman–Crippen MR) is 314 cm³/mol. The van der Waals surface area contributed by atoms with Gasteiger partial charge in [-0.15, -0.1) is 0 Å². The van der Waals surface area contributed by atoms with Gasteiger partial charge in [-0.05, 0) is 117 Å². The van der Waals surface area contributed by atoms with Crippen molar-refractivity contribution in [2.45, 2.75) is 40.0 Å². The third kappa shape index (κ3) is 7.77. The van der Waals surface area contributed by atoms with Gasteiger partial charge >= 0.3 is 0 Å². The number of nitrogens with zero attached hydrogens (tertiary/aromatic N) is 4. The molecule has 10 aromatic carbocycles. The highest BCUT2D eigenvalue weighted by Gasteiger charge is 2.30. The molecule has 4 heteroatoms. The molecule has 3 unspecified atom stereocenters. The fourth-order valence-corrected chi connectivity index (χ4v) is 11.7. The van der Waals surface area contributed by atoms with E-state index in [1.807, 2.05) is 0 Å². The Morgan fingerprint density at radius 2 is 0.973 bits per heavy atom. The van der Waals surface area contributed by atoms with E-state index in [4.69, 9.17) is 9.98 Å². The first-order chi connectivity index (χ1) is 36.4. The van der Waals surface area contributed by atoms with Crippen molar-refractivity contribution < 1.29 is 0 Å². The summed E-state index contributed by atoms with van der Waals surface area (Å²) in [6, 6.07) is 84.2. The molecule has 3 atom stereocenters. The van der Waals surface area contributed by atoms with Crippen LogP contribution in [0.5, 0.6) is 0 Å². The highest BCUT2D eigenvalue weighted by molar-refractivity contribution is 6.14. The van der Waals surface area contributed by atoms with Crippen LogP contribution in [0.3, 0.4) is 0 Å². The van der Waals surface area contributed by atoms with Gasteiger partial charge in [0.05, 0.1) is 33.5 Å². The quantitative estimate of drug-likeness (QED) is 0.138. The average Bonchev–Trinajstić information content (AvgIpc) is 3.98. The van der Waals surface area contributed by atoms with Gasteiger partial charge in [-0.2, -0.15) is 0 Å². The molecule has 0 fully saturated rings. The van der Waals surface area contributed by atoms with Gasteiger partial charge in [0.25, 0.3) is 0 Å². The van der Waals surface area contributed by atoms with E-state index >= 15 is 0 Å². The Bertz CT molecular complexity index is 4150. The van der Waals surface area contributed by atoms with Gasteiger partial charge in [0.2, 0.25) is 0 Å². The molecular formula is C70H56N4. The first-order valence-corrected chi connectivity index (χ1v) is 26.1. The van der Waals surface area contributed by atoms with E-state index in [9.17, 15) is 0 Å². The van der Waals surface area contributed by atoms with Crippen molar-refractivity contribution >= 4 is 71.6 Å². The highest BCUT2D eigenvalue weighted by atomic mass is 15.0. The van der Waals surface area contributed by atoms with Crippen molar-refractivity contribution in [3.05, 3.63) is 259 Å². The van der Waals surface area contributed by atoms with Crippen LogP contribution in [-0.4, -0.2) is 20.7 Å². The van der Waals surface area contributed by atoms with Gasteiger partial charge < -0.3 is 9.13 Å². The number of hydrogen-bond donors (Lipinski definition) is 0. The van der Waals surface area contributed by atoms with E-state index in [0.29, 0.717) is 0 Å². The zero-order chi connectivity index (χ0) is 49.9. The zero-order valence-electron chi connectivity index (χ0n) is 42.2. The van der Waals surface area contributed by atoms with Crippen LogP contribution in [0.1, 0.15) is 55.4 Å². The number of hydrogen-bond acceptors (Lipinski definition) is 2. The van der Waals surface area contributed by atoms with Crippen LogP contribution >= 0.6 is 0 Å². The fourth-order valence-electron chi connectivity index (χ4n) is 11.7. The van der Waals surface area contributed by atoms with Gasteiger partial charge in [-0.25, -0.2) is 9.98 Å². The summed E-state index contributed by atoms with van der Waals surface area (Å²) >= 11 is 0. The van der Waals surface area contributed by atoms with E-state index in [2.05, 4.69) is 273 Å². The summed E-state index contributed by atoms with van der Waals surface area (Å²) < 4.78 is 4.97. The molecule has 0 bridgehead atoms. The van der Waals surface area contributed by atoms with E-state index in [1.54, 1.807) is 0 Å². The van der Waals surface area contributed by atoms with Crippen LogP contribution in [0.15, 0.2) is 247 Å². The van der Waals surface area contributed by atoms with Gasteiger partial charge in [-0.1, -0.05) is 215 Å². The smallest absolute Gasteiger partial charge is 0.132 e. The molecule has 2 aromatic heterocycles. The maximum atomic E-state index is 5.79. The summed E-state index contributed by atoms with van der Waals surface area (Å²) in [6.07, 6.45) is 3.15. The minimum absolute atomic E-state index is 0.0653. The van der Waals surface area contributed by atoms with Crippen molar-refractivity contribution in [1.29, 1.82) is 0 Å². The SMILES string of the molecule is Cc1ccc(-n2c3ccccc3c3ccccc32)cc1-c1ccc2c3ccccc3n(-c3ccc4ccccc4c3)c2c1C(C)C(C)C1=N/C(c2ccccc2)=C/CC(C)/C(c2ccc(-c3ccccc3)cc2)=N\1. The number of para-hydroxylation sites is 3. The largest absolute Gasteiger partial charge is 0.309 e. The van der Waals surface area contributed by atoms with E-state index in [1.165, 1.54) is 87.8 Å². The molecule has 356 valence electrons. The Labute approximate surface area is 432 Å². The van der Waals surface area contributed by atoms with Gasteiger partial charge in [-0.3, -0.25) is 0 Å². The standard InChI is InChI=1S/C70H56N4/c1-45-31-38-56(73-64-28-16-13-25-57(64)58-26-14-17-29-65(58)73)44-62(45)60-40-41-61-59-27-15-18-30-66(59)74(55-39-37-50-21-11-12-24-54(50)43-55)69(61)67(60)47(3)48(4)70-71-63(52-22-9-6-10-23-52)42-32-46(2)68(72-70)53-35-33-51(34-36-53)49-19-7-5-8-20-49/h5-31,33-44,46-48H,32H2,1-4H3/b63-42+,71-70-,72-68+. The summed E-state index contributed by atoms with van der Waals surface area (Å²) in [5.41, 5.74) is 18.6. The van der Waals surface area contributed by atoms with Crippen molar-refractivity contribution in [2.24, 2.45) is 21.8 Å². The molecule has 0 saturated heterocycles. The molecule has 3 heterocycles. The second-order valence-electron chi connectivity index (χ2n) is 20.3. The molecule has 12 aromatic rings. The summed E-state index contributed by atoms with van der Waals surface area (Å²) in [5, 5.41) is 7.38. The van der Waals surface area contributed by atoms with Gasteiger partial charge in [0.15, 0.2) is 0 Å². The van der Waals surface area contributed by atoms with Crippen LogP contribution in [0, 0.1) is 18.8 Å². The fraction of sp³-hybridized carbons (Fsp3) is 0.114. The lowest BCUT2D eigenvalue weighted by Crippen LogP contribution is -2.23. The molecule has 0 radical (unpaired) electrons. The predicted octanol–water partition coefficient (Wildman–Crippen LogP) is 18.4. The molecule has 0 aliphatic carbocycles. The highest BCUT2D eigenvalue weighted by Crippen LogP contribution is 2.46. The van der Waals surface area contributed by atoms with Crippen molar-refractivity contribution in [1.82, 2.24) is 9.13 Å². The van der Waals surface area contributed by atoms with E-state index in [-0.39, 0.29) is 17.8 Å². The lowest BCUT2D eigenvalue weighted by atomic mass is 9.81. The average molecular weight is 953 g/mol. The van der Waals surface area contributed by atoms with Crippen LogP contribution in [-0.2, 0) is 0 Å². The number of allylic oxidation sites excluding steroid dienone is 1.